The highest BCUT2D eigenvalue weighted by atomic mass is 19.3. The minimum Gasteiger partial charge on any atom is -0.490 e. The van der Waals surface area contributed by atoms with Gasteiger partial charge >= 0.3 is 6.09 Å². The fourth-order valence-corrected chi connectivity index (χ4v) is 2.50. The summed E-state index contributed by atoms with van der Waals surface area (Å²) in [5.41, 5.74) is 0.640. The summed E-state index contributed by atoms with van der Waals surface area (Å²) >= 11 is 0. The second-order valence-electron chi connectivity index (χ2n) is 5.44. The van der Waals surface area contributed by atoms with Gasteiger partial charge < -0.3 is 15.2 Å². The lowest BCUT2D eigenvalue weighted by Gasteiger charge is -2.35. The molecule has 108 valence electrons. The molecule has 2 aliphatic rings. The molecule has 2 saturated carbocycles. The summed E-state index contributed by atoms with van der Waals surface area (Å²) in [6.45, 7) is 0. The molecule has 2 aliphatic carbocycles. The Bertz CT molecular complexity index is 512. The highest BCUT2D eigenvalue weighted by molar-refractivity contribution is 5.65. The van der Waals surface area contributed by atoms with E-state index < -0.39 is 17.9 Å². The first kappa shape index (κ1) is 13.1. The lowest BCUT2D eigenvalue weighted by Crippen LogP contribution is -2.48. The Labute approximate surface area is 114 Å². The predicted molar refractivity (Wildman–Crippen MR) is 67.3 cm³/mol. The molecule has 0 radical (unpaired) electrons. The van der Waals surface area contributed by atoms with Crippen LogP contribution in [0.15, 0.2) is 24.3 Å². The van der Waals surface area contributed by atoms with E-state index in [0.717, 1.165) is 0 Å². The molecule has 1 unspecified atom stereocenters. The summed E-state index contributed by atoms with van der Waals surface area (Å²) in [7, 11) is 0. The summed E-state index contributed by atoms with van der Waals surface area (Å²) in [6.07, 6.45) is 0.158. The molecule has 1 aromatic carbocycles. The number of alkyl halides is 2. The zero-order chi connectivity index (χ0) is 14.3. The van der Waals surface area contributed by atoms with Gasteiger partial charge in [0.15, 0.2) is 0 Å². The Morgan fingerprint density at radius 2 is 1.90 bits per heavy atom. The number of carboxylic acid groups (broad SMARTS) is 1. The number of halogens is 2. The van der Waals surface area contributed by atoms with Crippen LogP contribution in [0.5, 0.6) is 5.75 Å². The lowest BCUT2D eigenvalue weighted by molar-refractivity contribution is 0.0832. The standard InChI is InChI=1S/C14H15F2NO3/c15-14(16)7-12(14)8-1-3-10(4-2-8)20-11-5-9(6-11)17-13(18)19/h1-4,9,11-12,17H,5-7H2,(H,18,19)/t9-,11-,12?. The number of carbonyl (C=O) groups is 1. The minimum atomic E-state index is -2.55. The number of ether oxygens (including phenoxy) is 1. The molecular weight excluding hydrogens is 268 g/mol. The van der Waals surface area contributed by atoms with Crippen LogP contribution in [-0.4, -0.2) is 29.3 Å². The summed E-state index contributed by atoms with van der Waals surface area (Å²) < 4.78 is 31.5. The van der Waals surface area contributed by atoms with Gasteiger partial charge in [-0.25, -0.2) is 13.6 Å². The predicted octanol–water partition coefficient (Wildman–Crippen LogP) is 2.99. The van der Waals surface area contributed by atoms with Crippen LogP contribution < -0.4 is 10.1 Å². The summed E-state index contributed by atoms with van der Waals surface area (Å²) in [5.74, 6) is -2.56. The smallest absolute Gasteiger partial charge is 0.404 e. The maximum atomic E-state index is 12.9. The number of hydrogen-bond donors (Lipinski definition) is 2. The maximum absolute atomic E-state index is 12.9. The topological polar surface area (TPSA) is 58.6 Å². The molecule has 0 bridgehead atoms. The van der Waals surface area contributed by atoms with Gasteiger partial charge in [-0.05, 0) is 17.7 Å². The van der Waals surface area contributed by atoms with Crippen molar-refractivity contribution < 1.29 is 23.4 Å². The van der Waals surface area contributed by atoms with Crippen LogP contribution in [0.4, 0.5) is 13.6 Å². The first-order valence-corrected chi connectivity index (χ1v) is 6.58. The first-order valence-electron chi connectivity index (χ1n) is 6.58. The molecule has 2 N–H and O–H groups in total. The third-order valence-electron chi connectivity index (χ3n) is 3.83. The Balaban J connectivity index is 1.49. The molecular formula is C14H15F2NO3. The van der Waals surface area contributed by atoms with E-state index in [0.29, 0.717) is 24.2 Å². The molecule has 1 aromatic rings. The normalized spacial score (nSPS) is 30.2. The van der Waals surface area contributed by atoms with E-state index in [4.69, 9.17) is 9.84 Å². The van der Waals surface area contributed by atoms with Gasteiger partial charge in [-0.1, -0.05) is 12.1 Å². The fourth-order valence-electron chi connectivity index (χ4n) is 2.50. The molecule has 0 heterocycles. The van der Waals surface area contributed by atoms with Crippen molar-refractivity contribution in [3.05, 3.63) is 29.8 Å². The number of hydrogen-bond acceptors (Lipinski definition) is 2. The van der Waals surface area contributed by atoms with Crippen LogP contribution in [0.25, 0.3) is 0 Å². The summed E-state index contributed by atoms with van der Waals surface area (Å²) in [4.78, 5) is 10.4. The van der Waals surface area contributed by atoms with E-state index in [1.54, 1.807) is 24.3 Å². The van der Waals surface area contributed by atoms with Crippen molar-refractivity contribution in [2.45, 2.75) is 43.2 Å². The van der Waals surface area contributed by atoms with Gasteiger partial charge in [0.2, 0.25) is 0 Å². The van der Waals surface area contributed by atoms with Crippen LogP contribution in [0, 0.1) is 0 Å². The molecule has 1 atom stereocenters. The van der Waals surface area contributed by atoms with Gasteiger partial charge in [-0.15, -0.1) is 0 Å². The first-order chi connectivity index (χ1) is 9.44. The quantitative estimate of drug-likeness (QED) is 0.893. The average Bonchev–Trinajstić information content (AvgIpc) is 2.96. The largest absolute Gasteiger partial charge is 0.490 e. The molecule has 0 spiro atoms. The molecule has 0 aliphatic heterocycles. The van der Waals surface area contributed by atoms with Crippen molar-refractivity contribution in [3.8, 4) is 5.75 Å². The maximum Gasteiger partial charge on any atom is 0.404 e. The zero-order valence-corrected chi connectivity index (χ0v) is 10.7. The van der Waals surface area contributed by atoms with Gasteiger partial charge in [-0.2, -0.15) is 0 Å². The van der Waals surface area contributed by atoms with E-state index in [1.807, 2.05) is 0 Å². The molecule has 20 heavy (non-hydrogen) atoms. The van der Waals surface area contributed by atoms with Gasteiger partial charge in [0, 0.05) is 25.3 Å². The second-order valence-corrected chi connectivity index (χ2v) is 5.44. The highest BCUT2D eigenvalue weighted by Gasteiger charge is 2.57. The van der Waals surface area contributed by atoms with E-state index in [-0.39, 0.29) is 18.6 Å². The van der Waals surface area contributed by atoms with Crippen molar-refractivity contribution in [2.75, 3.05) is 0 Å². The molecule has 2 fully saturated rings. The molecule has 0 saturated heterocycles. The van der Waals surface area contributed by atoms with Gasteiger partial charge in [0.1, 0.15) is 11.9 Å². The van der Waals surface area contributed by atoms with Crippen LogP contribution in [-0.2, 0) is 0 Å². The van der Waals surface area contributed by atoms with E-state index >= 15 is 0 Å². The van der Waals surface area contributed by atoms with Gasteiger partial charge in [-0.3, -0.25) is 0 Å². The van der Waals surface area contributed by atoms with Crippen LogP contribution in [0.2, 0.25) is 0 Å². The zero-order valence-electron chi connectivity index (χ0n) is 10.7. The van der Waals surface area contributed by atoms with Crippen molar-refractivity contribution >= 4 is 6.09 Å². The Morgan fingerprint density at radius 1 is 1.30 bits per heavy atom. The van der Waals surface area contributed by atoms with Gasteiger partial charge in [0.25, 0.3) is 5.92 Å². The number of nitrogens with one attached hydrogen (secondary N) is 1. The van der Waals surface area contributed by atoms with Gasteiger partial charge in [0.05, 0.1) is 5.92 Å². The van der Waals surface area contributed by atoms with Crippen LogP contribution in [0.3, 0.4) is 0 Å². The SMILES string of the molecule is O=C(O)N[C@H]1C[C@H](Oc2ccc(C3CC3(F)F)cc2)C1. The second kappa shape index (κ2) is 4.61. The van der Waals surface area contributed by atoms with Crippen molar-refractivity contribution in [2.24, 2.45) is 0 Å². The lowest BCUT2D eigenvalue weighted by atomic mass is 9.89. The minimum absolute atomic E-state index is 0.0138. The Morgan fingerprint density at radius 3 is 2.40 bits per heavy atom. The number of benzene rings is 1. The van der Waals surface area contributed by atoms with E-state index in [9.17, 15) is 13.6 Å². The van der Waals surface area contributed by atoms with Crippen molar-refractivity contribution in [3.63, 3.8) is 0 Å². The molecule has 4 nitrogen and oxygen atoms in total. The van der Waals surface area contributed by atoms with E-state index in [2.05, 4.69) is 5.32 Å². The average molecular weight is 283 g/mol. The molecule has 6 heteroatoms. The van der Waals surface area contributed by atoms with Crippen LogP contribution >= 0.6 is 0 Å². The monoisotopic (exact) mass is 283 g/mol. The summed E-state index contributed by atoms with van der Waals surface area (Å²) in [5, 5.41) is 10.9. The van der Waals surface area contributed by atoms with Crippen molar-refractivity contribution in [1.82, 2.24) is 5.32 Å². The number of amides is 1. The fraction of sp³-hybridized carbons (Fsp3) is 0.500. The molecule has 3 rings (SSSR count). The summed E-state index contributed by atoms with van der Waals surface area (Å²) in [6, 6.07) is 6.68. The van der Waals surface area contributed by atoms with E-state index in [1.165, 1.54) is 0 Å². The number of rotatable bonds is 4. The molecule has 1 amide bonds. The highest BCUT2D eigenvalue weighted by Crippen LogP contribution is 2.55. The van der Waals surface area contributed by atoms with Crippen molar-refractivity contribution in [1.29, 1.82) is 0 Å². The Hall–Kier alpha value is -1.85. The van der Waals surface area contributed by atoms with Crippen LogP contribution in [0.1, 0.15) is 30.7 Å². The third kappa shape index (κ3) is 2.69. The Kier molecular flexibility index (Phi) is 3.03. The molecule has 0 aromatic heterocycles. The third-order valence-corrected chi connectivity index (χ3v) is 3.83.